The van der Waals surface area contributed by atoms with Crippen LogP contribution >= 0.6 is 0 Å². The summed E-state index contributed by atoms with van der Waals surface area (Å²) >= 11 is 0. The Morgan fingerprint density at radius 2 is 1.95 bits per heavy atom. The van der Waals surface area contributed by atoms with Crippen LogP contribution in [0.2, 0.25) is 0 Å². The lowest BCUT2D eigenvalue weighted by atomic mass is 9.87. The largest absolute Gasteiger partial charge is 0.381 e. The van der Waals surface area contributed by atoms with Gasteiger partial charge in [0.25, 0.3) is 0 Å². The fourth-order valence-corrected chi connectivity index (χ4v) is 3.47. The maximum absolute atomic E-state index is 5.51. The number of piperazine rings is 1. The molecule has 2 fully saturated rings. The Kier molecular flexibility index (Phi) is 6.07. The quantitative estimate of drug-likeness (QED) is 0.807. The summed E-state index contributed by atoms with van der Waals surface area (Å²) in [6.45, 7) is 8.82. The standard InChI is InChI=1S/C15H31N3O/c1-4-16-15(13-5-9-19-10-6-13)11-14-12-17(2)7-8-18(14)3/h13-16H,4-12H2,1-3H3. The Hall–Kier alpha value is -0.160. The highest BCUT2D eigenvalue weighted by atomic mass is 16.5. The first kappa shape index (κ1) is 15.2. The van der Waals surface area contributed by atoms with Gasteiger partial charge in [-0.05, 0) is 45.8 Å². The van der Waals surface area contributed by atoms with Crippen LogP contribution in [-0.2, 0) is 4.74 Å². The average molecular weight is 269 g/mol. The van der Waals surface area contributed by atoms with Crippen LogP contribution in [0, 0.1) is 5.92 Å². The van der Waals surface area contributed by atoms with E-state index in [1.165, 1.54) is 38.9 Å². The van der Waals surface area contributed by atoms with Gasteiger partial charge in [0, 0.05) is 44.9 Å². The van der Waals surface area contributed by atoms with Crippen molar-refractivity contribution in [3.8, 4) is 0 Å². The van der Waals surface area contributed by atoms with E-state index in [1.807, 2.05) is 0 Å². The van der Waals surface area contributed by atoms with Crippen LogP contribution in [0.1, 0.15) is 26.2 Å². The van der Waals surface area contributed by atoms with E-state index in [9.17, 15) is 0 Å². The SMILES string of the molecule is CCNC(CC1CN(C)CCN1C)C1CCOCC1. The van der Waals surface area contributed by atoms with Crippen molar-refractivity contribution in [1.82, 2.24) is 15.1 Å². The summed E-state index contributed by atoms with van der Waals surface area (Å²) in [5.74, 6) is 0.800. The number of nitrogens with one attached hydrogen (secondary N) is 1. The van der Waals surface area contributed by atoms with Gasteiger partial charge in [-0.15, -0.1) is 0 Å². The highest BCUT2D eigenvalue weighted by Gasteiger charge is 2.29. The summed E-state index contributed by atoms with van der Waals surface area (Å²) < 4.78 is 5.51. The first-order valence-corrected chi connectivity index (χ1v) is 7.90. The van der Waals surface area contributed by atoms with E-state index in [1.54, 1.807) is 0 Å². The van der Waals surface area contributed by atoms with Crippen LogP contribution < -0.4 is 5.32 Å². The number of nitrogens with zero attached hydrogens (tertiary/aromatic N) is 2. The predicted octanol–water partition coefficient (Wildman–Crippen LogP) is 1.03. The van der Waals surface area contributed by atoms with Crippen molar-refractivity contribution in [2.75, 3.05) is 53.5 Å². The summed E-state index contributed by atoms with van der Waals surface area (Å²) in [6.07, 6.45) is 3.73. The van der Waals surface area contributed by atoms with Crippen LogP contribution in [0.15, 0.2) is 0 Å². The number of likely N-dealkylation sites (N-methyl/N-ethyl adjacent to an activating group) is 2. The molecule has 0 aromatic carbocycles. The molecule has 1 N–H and O–H groups in total. The maximum Gasteiger partial charge on any atom is 0.0469 e. The van der Waals surface area contributed by atoms with Crippen molar-refractivity contribution in [2.45, 2.75) is 38.3 Å². The number of ether oxygens (including phenoxy) is 1. The minimum atomic E-state index is 0.660. The second-order valence-corrected chi connectivity index (χ2v) is 6.25. The number of rotatable bonds is 5. The van der Waals surface area contributed by atoms with E-state index in [0.717, 1.165) is 25.7 Å². The lowest BCUT2D eigenvalue weighted by Crippen LogP contribution is -2.53. The Morgan fingerprint density at radius 3 is 2.63 bits per heavy atom. The van der Waals surface area contributed by atoms with E-state index in [4.69, 9.17) is 4.74 Å². The van der Waals surface area contributed by atoms with E-state index in [0.29, 0.717) is 12.1 Å². The molecule has 0 aliphatic carbocycles. The van der Waals surface area contributed by atoms with Gasteiger partial charge in [0.05, 0.1) is 0 Å². The fourth-order valence-electron chi connectivity index (χ4n) is 3.47. The van der Waals surface area contributed by atoms with Gasteiger partial charge in [-0.3, -0.25) is 0 Å². The van der Waals surface area contributed by atoms with Gasteiger partial charge < -0.3 is 19.9 Å². The first-order valence-electron chi connectivity index (χ1n) is 7.90. The zero-order valence-corrected chi connectivity index (χ0v) is 12.9. The average Bonchev–Trinajstić information content (AvgIpc) is 2.43. The normalized spacial score (nSPS) is 29.5. The van der Waals surface area contributed by atoms with E-state index >= 15 is 0 Å². The van der Waals surface area contributed by atoms with Crippen molar-refractivity contribution < 1.29 is 4.74 Å². The van der Waals surface area contributed by atoms with Crippen molar-refractivity contribution >= 4 is 0 Å². The van der Waals surface area contributed by atoms with Gasteiger partial charge >= 0.3 is 0 Å². The van der Waals surface area contributed by atoms with Gasteiger partial charge in [-0.1, -0.05) is 6.92 Å². The second kappa shape index (κ2) is 7.58. The van der Waals surface area contributed by atoms with Gasteiger partial charge in [-0.2, -0.15) is 0 Å². The van der Waals surface area contributed by atoms with Gasteiger partial charge in [0.15, 0.2) is 0 Å². The van der Waals surface area contributed by atoms with E-state index < -0.39 is 0 Å². The molecular formula is C15H31N3O. The molecule has 112 valence electrons. The molecular weight excluding hydrogens is 238 g/mol. The molecule has 2 heterocycles. The zero-order valence-electron chi connectivity index (χ0n) is 12.9. The first-order chi connectivity index (χ1) is 9.20. The summed E-state index contributed by atoms with van der Waals surface area (Å²) in [7, 11) is 4.53. The van der Waals surface area contributed by atoms with Gasteiger partial charge in [0.2, 0.25) is 0 Å². The van der Waals surface area contributed by atoms with Crippen molar-refractivity contribution in [1.29, 1.82) is 0 Å². The Morgan fingerprint density at radius 1 is 1.21 bits per heavy atom. The lowest BCUT2D eigenvalue weighted by Gasteiger charge is -2.41. The lowest BCUT2D eigenvalue weighted by molar-refractivity contribution is 0.0409. The fraction of sp³-hybridized carbons (Fsp3) is 1.00. The topological polar surface area (TPSA) is 27.7 Å². The third kappa shape index (κ3) is 4.42. The summed E-state index contributed by atoms with van der Waals surface area (Å²) in [4.78, 5) is 5.02. The third-order valence-corrected chi connectivity index (χ3v) is 4.81. The molecule has 0 radical (unpaired) electrons. The molecule has 0 bridgehead atoms. The molecule has 2 aliphatic heterocycles. The molecule has 2 saturated heterocycles. The minimum absolute atomic E-state index is 0.660. The molecule has 0 aromatic rings. The zero-order chi connectivity index (χ0) is 13.7. The Labute approximate surface area is 118 Å². The molecule has 0 aromatic heterocycles. The van der Waals surface area contributed by atoms with E-state index in [2.05, 4.69) is 36.1 Å². The molecule has 2 atom stereocenters. The van der Waals surface area contributed by atoms with Crippen molar-refractivity contribution in [2.24, 2.45) is 5.92 Å². The number of hydrogen-bond acceptors (Lipinski definition) is 4. The maximum atomic E-state index is 5.51. The van der Waals surface area contributed by atoms with Crippen LogP contribution in [0.5, 0.6) is 0 Å². The van der Waals surface area contributed by atoms with Gasteiger partial charge in [-0.25, -0.2) is 0 Å². The highest BCUT2D eigenvalue weighted by Crippen LogP contribution is 2.24. The van der Waals surface area contributed by atoms with Crippen LogP contribution in [0.4, 0.5) is 0 Å². The Balaban J connectivity index is 1.90. The molecule has 0 spiro atoms. The Bertz CT molecular complexity index is 256. The molecule has 2 aliphatic rings. The molecule has 2 rings (SSSR count). The molecule has 0 saturated carbocycles. The predicted molar refractivity (Wildman–Crippen MR) is 79.5 cm³/mol. The van der Waals surface area contributed by atoms with E-state index in [-0.39, 0.29) is 0 Å². The monoisotopic (exact) mass is 269 g/mol. The minimum Gasteiger partial charge on any atom is -0.381 e. The highest BCUT2D eigenvalue weighted by molar-refractivity contribution is 4.87. The van der Waals surface area contributed by atoms with Crippen molar-refractivity contribution in [3.63, 3.8) is 0 Å². The smallest absolute Gasteiger partial charge is 0.0469 e. The van der Waals surface area contributed by atoms with Gasteiger partial charge in [0.1, 0.15) is 0 Å². The van der Waals surface area contributed by atoms with Crippen LogP contribution in [0.3, 0.4) is 0 Å². The molecule has 19 heavy (non-hydrogen) atoms. The summed E-state index contributed by atoms with van der Waals surface area (Å²) in [6, 6.07) is 1.36. The second-order valence-electron chi connectivity index (χ2n) is 6.25. The summed E-state index contributed by atoms with van der Waals surface area (Å²) in [5.41, 5.74) is 0. The molecule has 2 unspecified atom stereocenters. The summed E-state index contributed by atoms with van der Waals surface area (Å²) in [5, 5.41) is 3.73. The van der Waals surface area contributed by atoms with Crippen molar-refractivity contribution in [3.05, 3.63) is 0 Å². The molecule has 4 heteroatoms. The molecule has 0 amide bonds. The third-order valence-electron chi connectivity index (χ3n) is 4.81. The number of hydrogen-bond donors (Lipinski definition) is 1. The molecule has 4 nitrogen and oxygen atoms in total. The van der Waals surface area contributed by atoms with Crippen LogP contribution in [-0.4, -0.2) is 75.4 Å². The van der Waals surface area contributed by atoms with Crippen LogP contribution in [0.25, 0.3) is 0 Å².